The summed E-state index contributed by atoms with van der Waals surface area (Å²) in [5.41, 5.74) is 0. The first-order valence-corrected chi connectivity index (χ1v) is 6.75. The number of aryl methyl sites for hydroxylation is 1. The Hall–Kier alpha value is -0.390. The lowest BCUT2D eigenvalue weighted by atomic mass is 10.3. The predicted molar refractivity (Wildman–Crippen MR) is 70.0 cm³/mol. The molecule has 0 bridgehead atoms. The zero-order valence-corrected chi connectivity index (χ0v) is 11.9. The van der Waals surface area contributed by atoms with Crippen LogP contribution in [-0.2, 0) is 11.3 Å². The molecule has 5 heteroatoms. The van der Waals surface area contributed by atoms with Crippen LogP contribution in [0.25, 0.3) is 0 Å². The minimum atomic E-state index is -0.719. The molecular weight excluding hydrogens is 290 g/mol. The molecule has 3 nitrogen and oxygen atoms in total. The van der Waals surface area contributed by atoms with Crippen LogP contribution >= 0.6 is 27.3 Å². The van der Waals surface area contributed by atoms with Gasteiger partial charge >= 0.3 is 5.97 Å². The molecule has 0 spiro atoms. The number of rotatable bonds is 6. The minimum Gasteiger partial charge on any atom is -0.481 e. The summed E-state index contributed by atoms with van der Waals surface area (Å²) in [6.07, 6.45) is 0.953. The van der Waals surface area contributed by atoms with Crippen molar-refractivity contribution in [2.75, 3.05) is 13.6 Å². The summed E-state index contributed by atoms with van der Waals surface area (Å²) < 4.78 is 1.16. The highest BCUT2D eigenvalue weighted by atomic mass is 79.9. The Morgan fingerprint density at radius 1 is 1.62 bits per heavy atom. The summed E-state index contributed by atoms with van der Waals surface area (Å²) in [4.78, 5) is 15.1. The molecule has 0 saturated heterocycles. The van der Waals surface area contributed by atoms with Crippen LogP contribution in [0.15, 0.2) is 10.5 Å². The van der Waals surface area contributed by atoms with Gasteiger partial charge in [-0.25, -0.2) is 0 Å². The Bertz CT molecular complexity index is 345. The van der Waals surface area contributed by atoms with Crippen LogP contribution in [0.3, 0.4) is 0 Å². The highest BCUT2D eigenvalue weighted by Gasteiger charge is 2.06. The lowest BCUT2D eigenvalue weighted by Gasteiger charge is -2.14. The van der Waals surface area contributed by atoms with Crippen molar-refractivity contribution in [3.63, 3.8) is 0 Å². The molecular formula is C11H16BrNO2S. The van der Waals surface area contributed by atoms with E-state index >= 15 is 0 Å². The molecule has 16 heavy (non-hydrogen) atoms. The van der Waals surface area contributed by atoms with Gasteiger partial charge in [-0.15, -0.1) is 11.3 Å². The van der Waals surface area contributed by atoms with Crippen LogP contribution in [-0.4, -0.2) is 29.6 Å². The number of carboxylic acid groups (broad SMARTS) is 1. The van der Waals surface area contributed by atoms with E-state index < -0.39 is 5.97 Å². The number of thiophene rings is 1. The van der Waals surface area contributed by atoms with Crippen molar-refractivity contribution in [3.8, 4) is 0 Å². The second-order valence-corrected chi connectivity index (χ2v) is 6.05. The maximum absolute atomic E-state index is 10.4. The van der Waals surface area contributed by atoms with E-state index in [9.17, 15) is 4.79 Å². The van der Waals surface area contributed by atoms with E-state index in [0.717, 1.165) is 17.6 Å². The fourth-order valence-electron chi connectivity index (χ4n) is 1.44. The second kappa shape index (κ2) is 6.37. The standard InChI is InChI=1S/C11H16BrNO2S/c1-8-10(12)6-9(16-8)7-13(2)5-3-4-11(14)15/h6H,3-5,7H2,1-2H3,(H,14,15). The van der Waals surface area contributed by atoms with Gasteiger partial charge in [-0.05, 0) is 48.9 Å². The molecule has 1 rings (SSSR count). The Morgan fingerprint density at radius 2 is 2.31 bits per heavy atom. The monoisotopic (exact) mass is 305 g/mol. The van der Waals surface area contributed by atoms with E-state index in [1.165, 1.54) is 9.75 Å². The first kappa shape index (κ1) is 13.7. The molecule has 0 aliphatic carbocycles. The number of aliphatic carboxylic acids is 1. The number of carbonyl (C=O) groups is 1. The summed E-state index contributed by atoms with van der Waals surface area (Å²) in [6, 6.07) is 2.13. The average molecular weight is 306 g/mol. The topological polar surface area (TPSA) is 40.5 Å². The molecule has 0 aliphatic rings. The highest BCUT2D eigenvalue weighted by molar-refractivity contribution is 9.10. The molecule has 0 aliphatic heterocycles. The number of halogens is 1. The van der Waals surface area contributed by atoms with E-state index in [2.05, 4.69) is 33.8 Å². The van der Waals surface area contributed by atoms with Gasteiger partial charge in [0, 0.05) is 27.2 Å². The van der Waals surface area contributed by atoms with E-state index in [0.29, 0.717) is 6.42 Å². The van der Waals surface area contributed by atoms with Crippen LogP contribution in [0.1, 0.15) is 22.6 Å². The van der Waals surface area contributed by atoms with Crippen LogP contribution in [0.4, 0.5) is 0 Å². The second-order valence-electron chi connectivity index (χ2n) is 3.85. The van der Waals surface area contributed by atoms with Crippen LogP contribution < -0.4 is 0 Å². The van der Waals surface area contributed by atoms with Gasteiger partial charge < -0.3 is 10.0 Å². The predicted octanol–water partition coefficient (Wildman–Crippen LogP) is 3.12. The first-order valence-electron chi connectivity index (χ1n) is 5.14. The number of hydrogen-bond acceptors (Lipinski definition) is 3. The highest BCUT2D eigenvalue weighted by Crippen LogP contribution is 2.27. The van der Waals surface area contributed by atoms with Crippen LogP contribution in [0, 0.1) is 6.92 Å². The molecule has 0 aromatic carbocycles. The number of nitrogens with zero attached hydrogens (tertiary/aromatic N) is 1. The number of carboxylic acids is 1. The molecule has 90 valence electrons. The molecule has 0 saturated carbocycles. The Balaban J connectivity index is 2.33. The molecule has 0 atom stereocenters. The van der Waals surface area contributed by atoms with Crippen molar-refractivity contribution in [3.05, 3.63) is 20.3 Å². The Kier molecular flexibility index (Phi) is 5.44. The van der Waals surface area contributed by atoms with Crippen molar-refractivity contribution >= 4 is 33.2 Å². The molecule has 1 heterocycles. The molecule has 0 unspecified atom stereocenters. The van der Waals surface area contributed by atoms with Gasteiger partial charge in [0.25, 0.3) is 0 Å². The lowest BCUT2D eigenvalue weighted by molar-refractivity contribution is -0.137. The quantitative estimate of drug-likeness (QED) is 0.878. The smallest absolute Gasteiger partial charge is 0.303 e. The largest absolute Gasteiger partial charge is 0.481 e. The molecule has 0 fully saturated rings. The van der Waals surface area contributed by atoms with Crippen LogP contribution in [0.2, 0.25) is 0 Å². The summed E-state index contributed by atoms with van der Waals surface area (Å²) >= 11 is 5.27. The van der Waals surface area contributed by atoms with E-state index in [-0.39, 0.29) is 6.42 Å². The molecule has 1 aromatic heterocycles. The van der Waals surface area contributed by atoms with Gasteiger partial charge in [0.1, 0.15) is 0 Å². The zero-order valence-electron chi connectivity index (χ0n) is 9.49. The lowest BCUT2D eigenvalue weighted by Crippen LogP contribution is -2.19. The van der Waals surface area contributed by atoms with Crippen molar-refractivity contribution < 1.29 is 9.90 Å². The summed E-state index contributed by atoms with van der Waals surface area (Å²) in [5.74, 6) is -0.719. The van der Waals surface area contributed by atoms with Crippen molar-refractivity contribution in [1.29, 1.82) is 0 Å². The van der Waals surface area contributed by atoms with Crippen molar-refractivity contribution in [2.24, 2.45) is 0 Å². The zero-order chi connectivity index (χ0) is 12.1. The van der Waals surface area contributed by atoms with Crippen molar-refractivity contribution in [1.82, 2.24) is 4.90 Å². The fourth-order valence-corrected chi connectivity index (χ4v) is 3.12. The summed E-state index contributed by atoms with van der Waals surface area (Å²) in [7, 11) is 2.02. The van der Waals surface area contributed by atoms with E-state index in [4.69, 9.17) is 5.11 Å². The molecule has 1 N–H and O–H groups in total. The van der Waals surface area contributed by atoms with Crippen LogP contribution in [0.5, 0.6) is 0 Å². The van der Waals surface area contributed by atoms with Crippen molar-refractivity contribution in [2.45, 2.75) is 26.3 Å². The third-order valence-electron chi connectivity index (χ3n) is 2.26. The average Bonchev–Trinajstić information content (AvgIpc) is 2.44. The molecule has 1 aromatic rings. The van der Waals surface area contributed by atoms with Gasteiger partial charge in [-0.3, -0.25) is 4.79 Å². The SMILES string of the molecule is Cc1sc(CN(C)CCCC(=O)O)cc1Br. The maximum atomic E-state index is 10.4. The van der Waals surface area contributed by atoms with E-state index in [1.807, 2.05) is 7.05 Å². The summed E-state index contributed by atoms with van der Waals surface area (Å²) in [5, 5.41) is 8.53. The normalized spacial score (nSPS) is 11.0. The molecule has 0 amide bonds. The van der Waals surface area contributed by atoms with Gasteiger partial charge in [-0.2, -0.15) is 0 Å². The Labute approximate surface area is 108 Å². The fraction of sp³-hybridized carbons (Fsp3) is 0.545. The Morgan fingerprint density at radius 3 is 2.81 bits per heavy atom. The maximum Gasteiger partial charge on any atom is 0.303 e. The number of hydrogen-bond donors (Lipinski definition) is 1. The third kappa shape index (κ3) is 4.63. The first-order chi connectivity index (χ1) is 7.49. The van der Waals surface area contributed by atoms with E-state index in [1.54, 1.807) is 11.3 Å². The third-order valence-corrected chi connectivity index (χ3v) is 4.39. The van der Waals surface area contributed by atoms with Gasteiger partial charge in [-0.1, -0.05) is 0 Å². The van der Waals surface area contributed by atoms with Gasteiger partial charge in [0.05, 0.1) is 0 Å². The summed E-state index contributed by atoms with van der Waals surface area (Å²) in [6.45, 7) is 3.79. The van der Waals surface area contributed by atoms with Gasteiger partial charge in [0.2, 0.25) is 0 Å². The molecule has 0 radical (unpaired) electrons. The minimum absolute atomic E-state index is 0.248. The van der Waals surface area contributed by atoms with Gasteiger partial charge in [0.15, 0.2) is 0 Å².